The molecular formula is C18H24N2O3. The SMILES string of the molecule is CC1CCC(C)(NC(=O)c2cccc3c2OC(C)C(=O)N3)CC1. The topological polar surface area (TPSA) is 67.4 Å². The van der Waals surface area contributed by atoms with Crippen molar-refractivity contribution in [3.63, 3.8) is 0 Å². The maximum Gasteiger partial charge on any atom is 0.265 e. The maximum atomic E-state index is 12.8. The summed E-state index contributed by atoms with van der Waals surface area (Å²) in [6, 6.07) is 5.26. The molecular weight excluding hydrogens is 292 g/mol. The van der Waals surface area contributed by atoms with E-state index >= 15 is 0 Å². The van der Waals surface area contributed by atoms with Crippen molar-refractivity contribution < 1.29 is 14.3 Å². The van der Waals surface area contributed by atoms with E-state index in [-0.39, 0.29) is 17.4 Å². The number of benzene rings is 1. The molecule has 0 saturated heterocycles. The van der Waals surface area contributed by atoms with Crippen LogP contribution in [0.5, 0.6) is 5.75 Å². The van der Waals surface area contributed by atoms with Crippen LogP contribution in [-0.2, 0) is 4.79 Å². The lowest BCUT2D eigenvalue weighted by Crippen LogP contribution is -2.48. The zero-order chi connectivity index (χ0) is 16.6. The Morgan fingerprint density at radius 2 is 2.00 bits per heavy atom. The first-order valence-corrected chi connectivity index (χ1v) is 8.31. The highest BCUT2D eigenvalue weighted by Crippen LogP contribution is 2.35. The van der Waals surface area contributed by atoms with E-state index in [0.717, 1.165) is 31.6 Å². The smallest absolute Gasteiger partial charge is 0.265 e. The summed E-state index contributed by atoms with van der Waals surface area (Å²) in [5.41, 5.74) is 0.868. The molecule has 5 nitrogen and oxygen atoms in total. The van der Waals surface area contributed by atoms with Crippen LogP contribution in [0.25, 0.3) is 0 Å². The molecule has 0 aromatic heterocycles. The number of para-hydroxylation sites is 1. The van der Waals surface area contributed by atoms with Gasteiger partial charge in [0.15, 0.2) is 11.9 Å². The average molecular weight is 316 g/mol. The predicted octanol–water partition coefficient (Wildman–Crippen LogP) is 3.10. The summed E-state index contributed by atoms with van der Waals surface area (Å²) in [5.74, 6) is 0.860. The van der Waals surface area contributed by atoms with Gasteiger partial charge in [-0.3, -0.25) is 9.59 Å². The van der Waals surface area contributed by atoms with Crippen molar-refractivity contribution in [3.05, 3.63) is 23.8 Å². The van der Waals surface area contributed by atoms with Gasteiger partial charge in [0, 0.05) is 5.54 Å². The number of carbonyl (C=O) groups is 2. The Kier molecular flexibility index (Phi) is 4.04. The largest absolute Gasteiger partial charge is 0.478 e. The summed E-state index contributed by atoms with van der Waals surface area (Å²) in [6.45, 7) is 6.04. The summed E-state index contributed by atoms with van der Waals surface area (Å²) >= 11 is 0. The van der Waals surface area contributed by atoms with Crippen LogP contribution in [-0.4, -0.2) is 23.5 Å². The van der Waals surface area contributed by atoms with Crippen LogP contribution in [0, 0.1) is 5.92 Å². The van der Waals surface area contributed by atoms with Gasteiger partial charge in [-0.2, -0.15) is 0 Å². The van der Waals surface area contributed by atoms with Crippen LogP contribution in [0.2, 0.25) is 0 Å². The van der Waals surface area contributed by atoms with Gasteiger partial charge < -0.3 is 15.4 Å². The van der Waals surface area contributed by atoms with Crippen molar-refractivity contribution in [2.24, 2.45) is 5.92 Å². The molecule has 1 saturated carbocycles. The van der Waals surface area contributed by atoms with Crippen LogP contribution in [0.3, 0.4) is 0 Å². The summed E-state index contributed by atoms with van der Waals surface area (Å²) < 4.78 is 5.66. The molecule has 0 radical (unpaired) electrons. The first kappa shape index (κ1) is 15.8. The van der Waals surface area contributed by atoms with Crippen LogP contribution in [0.4, 0.5) is 5.69 Å². The first-order chi connectivity index (χ1) is 10.9. The molecule has 1 atom stereocenters. The molecule has 3 rings (SSSR count). The maximum absolute atomic E-state index is 12.8. The minimum Gasteiger partial charge on any atom is -0.478 e. The van der Waals surface area contributed by atoms with Crippen molar-refractivity contribution in [2.45, 2.75) is 58.1 Å². The van der Waals surface area contributed by atoms with E-state index in [9.17, 15) is 9.59 Å². The number of anilines is 1. The van der Waals surface area contributed by atoms with E-state index in [1.807, 2.05) is 0 Å². The number of rotatable bonds is 2. The zero-order valence-electron chi connectivity index (χ0n) is 13.9. The number of fused-ring (bicyclic) bond motifs is 1. The van der Waals surface area contributed by atoms with Crippen molar-refractivity contribution in [3.8, 4) is 5.75 Å². The Balaban J connectivity index is 1.81. The second kappa shape index (κ2) is 5.87. The third kappa shape index (κ3) is 3.19. The Bertz CT molecular complexity index is 633. The lowest BCUT2D eigenvalue weighted by molar-refractivity contribution is -0.122. The van der Waals surface area contributed by atoms with Crippen molar-refractivity contribution >= 4 is 17.5 Å². The van der Waals surface area contributed by atoms with E-state index in [2.05, 4.69) is 24.5 Å². The van der Waals surface area contributed by atoms with Gasteiger partial charge in [-0.1, -0.05) is 13.0 Å². The van der Waals surface area contributed by atoms with Crippen LogP contribution in [0.15, 0.2) is 18.2 Å². The van der Waals surface area contributed by atoms with Gasteiger partial charge in [0.05, 0.1) is 11.3 Å². The van der Waals surface area contributed by atoms with E-state index in [1.165, 1.54) is 0 Å². The normalized spacial score (nSPS) is 30.0. The Morgan fingerprint density at radius 1 is 1.30 bits per heavy atom. The first-order valence-electron chi connectivity index (χ1n) is 8.31. The fourth-order valence-corrected chi connectivity index (χ4v) is 3.27. The van der Waals surface area contributed by atoms with Gasteiger partial charge >= 0.3 is 0 Å². The number of amides is 2. The summed E-state index contributed by atoms with van der Waals surface area (Å²) in [5, 5.41) is 5.96. The van der Waals surface area contributed by atoms with Gasteiger partial charge in [-0.25, -0.2) is 0 Å². The highest BCUT2D eigenvalue weighted by Gasteiger charge is 2.33. The molecule has 5 heteroatoms. The van der Waals surface area contributed by atoms with Crippen molar-refractivity contribution in [1.82, 2.24) is 5.32 Å². The van der Waals surface area contributed by atoms with Gasteiger partial charge in [0.2, 0.25) is 0 Å². The van der Waals surface area contributed by atoms with Crippen LogP contribution < -0.4 is 15.4 Å². The molecule has 0 spiro atoms. The molecule has 1 aromatic carbocycles. The van der Waals surface area contributed by atoms with E-state index in [0.29, 0.717) is 17.0 Å². The zero-order valence-corrected chi connectivity index (χ0v) is 13.9. The van der Waals surface area contributed by atoms with Gasteiger partial charge in [0.1, 0.15) is 0 Å². The second-order valence-electron chi connectivity index (χ2n) is 7.13. The third-order valence-electron chi connectivity index (χ3n) is 4.97. The molecule has 1 unspecified atom stereocenters. The Hall–Kier alpha value is -2.04. The van der Waals surface area contributed by atoms with Crippen molar-refractivity contribution in [1.29, 1.82) is 0 Å². The molecule has 1 aliphatic carbocycles. The second-order valence-corrected chi connectivity index (χ2v) is 7.13. The number of hydrogen-bond donors (Lipinski definition) is 2. The minimum absolute atomic E-state index is 0.137. The summed E-state index contributed by atoms with van der Waals surface area (Å²) in [6.07, 6.45) is 3.65. The lowest BCUT2D eigenvalue weighted by Gasteiger charge is -2.37. The monoisotopic (exact) mass is 316 g/mol. The van der Waals surface area contributed by atoms with Gasteiger partial charge in [-0.05, 0) is 57.6 Å². The van der Waals surface area contributed by atoms with E-state index in [4.69, 9.17) is 4.74 Å². The molecule has 1 fully saturated rings. The fourth-order valence-electron chi connectivity index (χ4n) is 3.27. The highest BCUT2D eigenvalue weighted by atomic mass is 16.5. The predicted molar refractivity (Wildman–Crippen MR) is 88.7 cm³/mol. The molecule has 2 aliphatic rings. The summed E-state index contributed by atoms with van der Waals surface area (Å²) in [4.78, 5) is 24.5. The molecule has 1 aliphatic heterocycles. The molecule has 124 valence electrons. The van der Waals surface area contributed by atoms with Crippen LogP contribution >= 0.6 is 0 Å². The number of carbonyl (C=O) groups excluding carboxylic acids is 2. The number of ether oxygens (including phenoxy) is 1. The standard InChI is InChI=1S/C18H24N2O3/c1-11-7-9-18(3,10-8-11)20-17(22)13-5-4-6-14-15(13)23-12(2)16(21)19-14/h4-6,11-12H,7-10H2,1-3H3,(H,19,21)(H,20,22). The van der Waals surface area contributed by atoms with Crippen molar-refractivity contribution in [2.75, 3.05) is 5.32 Å². The number of hydrogen-bond acceptors (Lipinski definition) is 3. The molecule has 1 heterocycles. The summed E-state index contributed by atoms with van der Waals surface area (Å²) in [7, 11) is 0. The minimum atomic E-state index is -0.595. The fraction of sp³-hybridized carbons (Fsp3) is 0.556. The quantitative estimate of drug-likeness (QED) is 0.881. The van der Waals surface area contributed by atoms with E-state index < -0.39 is 6.10 Å². The Labute approximate surface area is 136 Å². The Morgan fingerprint density at radius 3 is 2.70 bits per heavy atom. The highest BCUT2D eigenvalue weighted by molar-refractivity contribution is 6.04. The van der Waals surface area contributed by atoms with E-state index in [1.54, 1.807) is 25.1 Å². The molecule has 0 bridgehead atoms. The average Bonchev–Trinajstić information content (AvgIpc) is 2.51. The third-order valence-corrected chi connectivity index (χ3v) is 4.97. The van der Waals surface area contributed by atoms with Crippen LogP contribution in [0.1, 0.15) is 56.8 Å². The molecule has 2 N–H and O–H groups in total. The van der Waals surface area contributed by atoms with Gasteiger partial charge in [0.25, 0.3) is 11.8 Å². The lowest BCUT2D eigenvalue weighted by atomic mass is 9.78. The van der Waals surface area contributed by atoms with Gasteiger partial charge in [-0.15, -0.1) is 0 Å². The molecule has 2 amide bonds. The molecule has 1 aromatic rings. The molecule has 23 heavy (non-hydrogen) atoms. The number of nitrogens with one attached hydrogen (secondary N) is 2.